The van der Waals surface area contributed by atoms with Crippen molar-refractivity contribution in [1.82, 2.24) is 5.32 Å². The van der Waals surface area contributed by atoms with Gasteiger partial charge in [-0.3, -0.25) is 4.79 Å². The molecule has 0 unspecified atom stereocenters. The summed E-state index contributed by atoms with van der Waals surface area (Å²) < 4.78 is 0. The Morgan fingerprint density at radius 2 is 1.84 bits per heavy atom. The van der Waals surface area contributed by atoms with Gasteiger partial charge in [0.1, 0.15) is 0 Å². The first-order chi connectivity index (χ1) is 11.9. The molecule has 0 radical (unpaired) electrons. The summed E-state index contributed by atoms with van der Waals surface area (Å²) in [6, 6.07) is 12.2. The van der Waals surface area contributed by atoms with Crippen LogP contribution in [0.1, 0.15) is 27.0 Å². The molecule has 0 atom stereocenters. The number of nitrogens with zero attached hydrogens (tertiary/aromatic N) is 1. The highest BCUT2D eigenvalue weighted by molar-refractivity contribution is 8.18. The highest BCUT2D eigenvalue weighted by Crippen LogP contribution is 2.28. The van der Waals surface area contributed by atoms with E-state index in [0.717, 1.165) is 16.8 Å². The van der Waals surface area contributed by atoms with E-state index < -0.39 is 5.97 Å². The van der Waals surface area contributed by atoms with Crippen LogP contribution in [-0.2, 0) is 4.79 Å². The first-order valence-electron chi connectivity index (χ1n) is 7.62. The van der Waals surface area contributed by atoms with Gasteiger partial charge < -0.3 is 10.4 Å². The van der Waals surface area contributed by atoms with E-state index in [1.165, 1.54) is 29.5 Å². The third-order valence-electron chi connectivity index (χ3n) is 3.83. The molecule has 0 saturated carbocycles. The fraction of sp³-hybridized carbons (Fsp3) is 0.105. The van der Waals surface area contributed by atoms with Crippen LogP contribution in [0.15, 0.2) is 52.4 Å². The number of thioether (sulfide) groups is 1. The number of aryl methyl sites for hydroxylation is 2. The van der Waals surface area contributed by atoms with Crippen molar-refractivity contribution >= 4 is 40.6 Å². The van der Waals surface area contributed by atoms with Crippen LogP contribution in [0.3, 0.4) is 0 Å². The number of nitrogens with one attached hydrogen (secondary N) is 1. The molecule has 0 aliphatic carbocycles. The molecule has 25 heavy (non-hydrogen) atoms. The predicted molar refractivity (Wildman–Crippen MR) is 100 cm³/mol. The van der Waals surface area contributed by atoms with Crippen LogP contribution in [0.5, 0.6) is 0 Å². The summed E-state index contributed by atoms with van der Waals surface area (Å²) in [4.78, 5) is 28.0. The molecule has 2 N–H and O–H groups in total. The monoisotopic (exact) mass is 352 g/mol. The summed E-state index contributed by atoms with van der Waals surface area (Å²) in [6.07, 6.45) is 1.72. The van der Waals surface area contributed by atoms with Gasteiger partial charge in [-0.1, -0.05) is 18.2 Å². The number of hydrogen-bond acceptors (Lipinski definition) is 4. The number of aliphatic imine (C=N–C) groups is 1. The van der Waals surface area contributed by atoms with Gasteiger partial charge in [0.05, 0.1) is 16.2 Å². The van der Waals surface area contributed by atoms with E-state index in [1.54, 1.807) is 18.2 Å². The third-order valence-corrected chi connectivity index (χ3v) is 4.74. The molecule has 0 spiro atoms. The highest BCUT2D eigenvalue weighted by Gasteiger charge is 2.23. The number of carbonyl (C=O) groups is 2. The summed E-state index contributed by atoms with van der Waals surface area (Å²) in [6.45, 7) is 4.06. The zero-order chi connectivity index (χ0) is 18.0. The maximum absolute atomic E-state index is 12.1. The second-order valence-electron chi connectivity index (χ2n) is 5.68. The number of carboxylic acids is 1. The number of hydrogen-bond donors (Lipinski definition) is 2. The van der Waals surface area contributed by atoms with E-state index in [1.807, 2.05) is 32.0 Å². The molecule has 2 aromatic rings. The van der Waals surface area contributed by atoms with Gasteiger partial charge in [-0.15, -0.1) is 0 Å². The molecule has 1 aliphatic heterocycles. The average molecular weight is 352 g/mol. The van der Waals surface area contributed by atoms with Crippen LogP contribution in [0.4, 0.5) is 5.69 Å². The zero-order valence-electron chi connectivity index (χ0n) is 13.7. The first kappa shape index (κ1) is 17.0. The van der Waals surface area contributed by atoms with Crippen LogP contribution in [0.2, 0.25) is 0 Å². The quantitative estimate of drug-likeness (QED) is 0.821. The summed E-state index contributed by atoms with van der Waals surface area (Å²) in [7, 11) is 0. The Bertz CT molecular complexity index is 915. The summed E-state index contributed by atoms with van der Waals surface area (Å²) in [5.74, 6) is -1.19. The van der Waals surface area contributed by atoms with Gasteiger partial charge in [0.15, 0.2) is 5.17 Å². The largest absolute Gasteiger partial charge is 0.478 e. The van der Waals surface area contributed by atoms with Crippen LogP contribution in [0.25, 0.3) is 6.08 Å². The molecule has 1 amide bonds. The van der Waals surface area contributed by atoms with E-state index in [4.69, 9.17) is 5.11 Å². The second kappa shape index (κ2) is 6.94. The fourth-order valence-corrected chi connectivity index (χ4v) is 3.11. The standard InChI is InChI=1S/C19H16N2O3S/c1-11-3-8-15(9-12(11)2)20-19-21-17(22)16(25-19)10-13-4-6-14(7-5-13)18(23)24/h3-10H,1-2H3,(H,23,24)(H,20,21,22)/b16-10+. The molecular formula is C19H16N2O3S. The highest BCUT2D eigenvalue weighted by atomic mass is 32.2. The number of amides is 1. The number of carbonyl (C=O) groups excluding carboxylic acids is 1. The van der Waals surface area contributed by atoms with Gasteiger partial charge in [0, 0.05) is 0 Å². The molecule has 5 nitrogen and oxygen atoms in total. The Kier molecular flexibility index (Phi) is 4.72. The minimum absolute atomic E-state index is 0.211. The molecule has 1 fully saturated rings. The third kappa shape index (κ3) is 3.97. The number of rotatable bonds is 3. The van der Waals surface area contributed by atoms with E-state index in [2.05, 4.69) is 10.3 Å². The smallest absolute Gasteiger partial charge is 0.335 e. The topological polar surface area (TPSA) is 78.8 Å². The first-order valence-corrected chi connectivity index (χ1v) is 8.44. The van der Waals surface area contributed by atoms with Crippen molar-refractivity contribution in [2.45, 2.75) is 13.8 Å². The SMILES string of the molecule is Cc1ccc(N=C2NC(=O)/C(=C\c3ccc(C(=O)O)cc3)S2)cc1C. The number of aromatic carboxylic acids is 1. The predicted octanol–water partition coefficient (Wildman–Crippen LogP) is 3.89. The van der Waals surface area contributed by atoms with Crippen molar-refractivity contribution in [3.63, 3.8) is 0 Å². The lowest BCUT2D eigenvalue weighted by molar-refractivity contribution is -0.115. The normalized spacial score (nSPS) is 17.1. The van der Waals surface area contributed by atoms with E-state index in [-0.39, 0.29) is 11.5 Å². The van der Waals surface area contributed by atoms with Gasteiger partial charge in [0.2, 0.25) is 0 Å². The molecule has 0 bridgehead atoms. The minimum Gasteiger partial charge on any atom is -0.478 e. The Balaban J connectivity index is 1.80. The van der Waals surface area contributed by atoms with Crippen LogP contribution in [-0.4, -0.2) is 22.2 Å². The van der Waals surface area contributed by atoms with Crippen molar-refractivity contribution in [3.8, 4) is 0 Å². The average Bonchev–Trinajstić information content (AvgIpc) is 2.91. The maximum atomic E-state index is 12.1. The Labute approximate surface area is 149 Å². The van der Waals surface area contributed by atoms with Crippen molar-refractivity contribution in [2.75, 3.05) is 0 Å². The molecule has 1 aliphatic rings. The van der Waals surface area contributed by atoms with Crippen LogP contribution >= 0.6 is 11.8 Å². The lowest BCUT2D eigenvalue weighted by Gasteiger charge is -2.01. The van der Waals surface area contributed by atoms with Crippen LogP contribution in [0, 0.1) is 13.8 Å². The van der Waals surface area contributed by atoms with Crippen molar-refractivity contribution < 1.29 is 14.7 Å². The summed E-state index contributed by atoms with van der Waals surface area (Å²) in [5, 5.41) is 12.2. The van der Waals surface area contributed by atoms with Crippen molar-refractivity contribution in [2.24, 2.45) is 4.99 Å². The summed E-state index contributed by atoms with van der Waals surface area (Å²) in [5.41, 5.74) is 4.10. The van der Waals surface area contributed by atoms with Crippen LogP contribution < -0.4 is 5.32 Å². The zero-order valence-corrected chi connectivity index (χ0v) is 14.6. The molecule has 1 saturated heterocycles. The number of benzene rings is 2. The van der Waals surface area contributed by atoms with Gasteiger partial charge in [-0.25, -0.2) is 9.79 Å². The summed E-state index contributed by atoms with van der Waals surface area (Å²) >= 11 is 1.26. The van der Waals surface area contributed by atoms with E-state index >= 15 is 0 Å². The molecule has 0 aromatic heterocycles. The molecule has 6 heteroatoms. The molecule has 126 valence electrons. The molecule has 1 heterocycles. The minimum atomic E-state index is -0.977. The Morgan fingerprint density at radius 1 is 1.12 bits per heavy atom. The van der Waals surface area contributed by atoms with Gasteiger partial charge in [-0.2, -0.15) is 0 Å². The number of carboxylic acid groups (broad SMARTS) is 1. The molecular weight excluding hydrogens is 336 g/mol. The maximum Gasteiger partial charge on any atom is 0.335 e. The Morgan fingerprint density at radius 3 is 2.48 bits per heavy atom. The Hall–Kier alpha value is -2.86. The van der Waals surface area contributed by atoms with Gasteiger partial charge in [-0.05, 0) is 72.6 Å². The second-order valence-corrected chi connectivity index (χ2v) is 6.71. The van der Waals surface area contributed by atoms with E-state index in [9.17, 15) is 9.59 Å². The van der Waals surface area contributed by atoms with Gasteiger partial charge in [0.25, 0.3) is 5.91 Å². The number of amidine groups is 1. The molecule has 2 aromatic carbocycles. The van der Waals surface area contributed by atoms with Crippen molar-refractivity contribution in [1.29, 1.82) is 0 Å². The van der Waals surface area contributed by atoms with Gasteiger partial charge >= 0.3 is 5.97 Å². The lowest BCUT2D eigenvalue weighted by atomic mass is 10.1. The lowest BCUT2D eigenvalue weighted by Crippen LogP contribution is -2.19. The fourth-order valence-electron chi connectivity index (χ4n) is 2.27. The van der Waals surface area contributed by atoms with Crippen molar-refractivity contribution in [3.05, 3.63) is 69.6 Å². The molecule has 3 rings (SSSR count). The van der Waals surface area contributed by atoms with E-state index in [0.29, 0.717) is 10.1 Å².